The number of hydrogen-bond acceptors (Lipinski definition) is 4. The van der Waals surface area contributed by atoms with Crippen LogP contribution in [0.25, 0.3) is 0 Å². The minimum absolute atomic E-state index is 0.345. The van der Waals surface area contributed by atoms with E-state index < -0.39 is 0 Å². The summed E-state index contributed by atoms with van der Waals surface area (Å²) < 4.78 is 10.0. The zero-order valence-corrected chi connectivity index (χ0v) is 7.87. The van der Waals surface area contributed by atoms with Crippen molar-refractivity contribution >= 4 is 11.7 Å². The highest BCUT2D eigenvalue weighted by atomic mass is 16.5. The Hall–Kier alpha value is -1.71. The van der Waals surface area contributed by atoms with Crippen LogP contribution in [0.3, 0.4) is 0 Å². The van der Waals surface area contributed by atoms with Crippen LogP contribution < -0.4 is 10.1 Å². The third kappa shape index (κ3) is 1.51. The highest BCUT2D eigenvalue weighted by Gasteiger charge is 2.13. The van der Waals surface area contributed by atoms with Crippen LogP contribution in [-0.4, -0.2) is 26.2 Å². The molecule has 1 aliphatic rings. The van der Waals surface area contributed by atoms with Gasteiger partial charge in [-0.2, -0.15) is 0 Å². The number of anilines is 1. The summed E-state index contributed by atoms with van der Waals surface area (Å²) in [6.07, 6.45) is 0. The number of nitrogens with one attached hydrogen (secondary N) is 1. The van der Waals surface area contributed by atoms with Crippen molar-refractivity contribution in [3.63, 3.8) is 0 Å². The second-order valence-electron chi connectivity index (χ2n) is 2.98. The highest BCUT2D eigenvalue weighted by molar-refractivity contribution is 5.90. The molecule has 1 aromatic carbocycles. The van der Waals surface area contributed by atoms with Gasteiger partial charge in [-0.1, -0.05) is 0 Å². The molecule has 14 heavy (non-hydrogen) atoms. The predicted molar refractivity (Wildman–Crippen MR) is 51.8 cm³/mol. The quantitative estimate of drug-likeness (QED) is 0.682. The van der Waals surface area contributed by atoms with E-state index in [1.54, 1.807) is 12.1 Å². The molecular weight excluding hydrogens is 182 g/mol. The number of methoxy groups -OCH3 is 1. The number of ether oxygens (including phenoxy) is 2. The Bertz CT molecular complexity index is 362. The standard InChI is InChI=1S/C10H11NO3/c1-13-10(12)7-2-3-8-9(6-7)14-5-4-11-8/h2-3,6,11H,4-5H2,1H3. The van der Waals surface area contributed by atoms with Crippen molar-refractivity contribution in [2.75, 3.05) is 25.6 Å². The molecule has 74 valence electrons. The van der Waals surface area contributed by atoms with Crippen LogP contribution in [0.15, 0.2) is 18.2 Å². The lowest BCUT2D eigenvalue weighted by Gasteiger charge is -2.19. The van der Waals surface area contributed by atoms with Crippen LogP contribution in [0.4, 0.5) is 5.69 Å². The average molecular weight is 193 g/mol. The van der Waals surface area contributed by atoms with Crippen molar-refractivity contribution in [3.05, 3.63) is 23.8 Å². The normalized spacial score (nSPS) is 13.5. The molecule has 0 fully saturated rings. The molecule has 4 heteroatoms. The van der Waals surface area contributed by atoms with E-state index in [-0.39, 0.29) is 5.97 Å². The van der Waals surface area contributed by atoms with Crippen LogP contribution in [0.5, 0.6) is 5.75 Å². The van der Waals surface area contributed by atoms with Gasteiger partial charge < -0.3 is 14.8 Å². The van der Waals surface area contributed by atoms with E-state index in [2.05, 4.69) is 10.1 Å². The Morgan fingerprint density at radius 2 is 2.43 bits per heavy atom. The van der Waals surface area contributed by atoms with Crippen LogP contribution in [-0.2, 0) is 4.74 Å². The first-order valence-electron chi connectivity index (χ1n) is 4.40. The zero-order valence-electron chi connectivity index (χ0n) is 7.87. The molecule has 0 aliphatic carbocycles. The smallest absolute Gasteiger partial charge is 0.337 e. The van der Waals surface area contributed by atoms with Gasteiger partial charge >= 0.3 is 5.97 Å². The van der Waals surface area contributed by atoms with Gasteiger partial charge in [0.25, 0.3) is 0 Å². The Morgan fingerprint density at radius 3 is 3.21 bits per heavy atom. The van der Waals surface area contributed by atoms with Gasteiger partial charge in [-0.15, -0.1) is 0 Å². The molecule has 0 amide bonds. The fourth-order valence-electron chi connectivity index (χ4n) is 1.38. The van der Waals surface area contributed by atoms with Gasteiger partial charge in [-0.3, -0.25) is 0 Å². The first-order valence-corrected chi connectivity index (χ1v) is 4.40. The molecule has 1 N–H and O–H groups in total. The zero-order chi connectivity index (χ0) is 9.97. The first-order chi connectivity index (χ1) is 6.81. The van der Waals surface area contributed by atoms with Gasteiger partial charge in [0.05, 0.1) is 18.4 Å². The lowest BCUT2D eigenvalue weighted by Crippen LogP contribution is -2.18. The van der Waals surface area contributed by atoms with Crippen LogP contribution >= 0.6 is 0 Å². The first kappa shape index (κ1) is 8.87. The van der Waals surface area contributed by atoms with Gasteiger partial charge in [0.1, 0.15) is 12.4 Å². The summed E-state index contributed by atoms with van der Waals surface area (Å²) in [7, 11) is 1.36. The number of carbonyl (C=O) groups excluding carboxylic acids is 1. The van der Waals surface area contributed by atoms with Crippen molar-refractivity contribution in [2.45, 2.75) is 0 Å². The summed E-state index contributed by atoms with van der Waals surface area (Å²) >= 11 is 0. The summed E-state index contributed by atoms with van der Waals surface area (Å²) in [5, 5.41) is 3.17. The molecule has 0 saturated heterocycles. The van der Waals surface area contributed by atoms with Crippen molar-refractivity contribution in [3.8, 4) is 5.75 Å². The minimum atomic E-state index is -0.345. The number of rotatable bonds is 1. The Morgan fingerprint density at radius 1 is 1.57 bits per heavy atom. The summed E-state index contributed by atoms with van der Waals surface area (Å²) in [5.74, 6) is 0.362. The molecule has 1 heterocycles. The third-order valence-corrected chi connectivity index (χ3v) is 2.08. The van der Waals surface area contributed by atoms with E-state index in [0.717, 1.165) is 12.2 Å². The lowest BCUT2D eigenvalue weighted by molar-refractivity contribution is 0.0600. The van der Waals surface area contributed by atoms with E-state index in [1.807, 2.05) is 6.07 Å². The summed E-state index contributed by atoms with van der Waals surface area (Å²) in [6.45, 7) is 1.42. The highest BCUT2D eigenvalue weighted by Crippen LogP contribution is 2.28. The largest absolute Gasteiger partial charge is 0.490 e. The molecule has 1 aliphatic heterocycles. The number of benzene rings is 1. The maximum Gasteiger partial charge on any atom is 0.337 e. The summed E-state index contributed by atoms with van der Waals surface area (Å²) in [5.41, 5.74) is 1.43. The van der Waals surface area contributed by atoms with E-state index >= 15 is 0 Å². The van der Waals surface area contributed by atoms with Crippen LogP contribution in [0.2, 0.25) is 0 Å². The van der Waals surface area contributed by atoms with Gasteiger partial charge in [-0.25, -0.2) is 4.79 Å². The van der Waals surface area contributed by atoms with Gasteiger partial charge in [0.2, 0.25) is 0 Å². The molecule has 0 unspecified atom stereocenters. The van der Waals surface area contributed by atoms with Gasteiger partial charge in [0, 0.05) is 6.54 Å². The fraction of sp³-hybridized carbons (Fsp3) is 0.300. The number of fused-ring (bicyclic) bond motifs is 1. The molecule has 4 nitrogen and oxygen atoms in total. The molecule has 0 spiro atoms. The van der Waals surface area contributed by atoms with Gasteiger partial charge in [0.15, 0.2) is 0 Å². The van der Waals surface area contributed by atoms with Gasteiger partial charge in [-0.05, 0) is 18.2 Å². The number of carbonyl (C=O) groups is 1. The topological polar surface area (TPSA) is 47.6 Å². The summed E-state index contributed by atoms with van der Waals surface area (Å²) in [4.78, 5) is 11.2. The summed E-state index contributed by atoms with van der Waals surface area (Å²) in [6, 6.07) is 5.22. The molecule has 0 saturated carbocycles. The number of esters is 1. The Balaban J connectivity index is 2.33. The monoisotopic (exact) mass is 193 g/mol. The van der Waals surface area contributed by atoms with Crippen molar-refractivity contribution in [1.82, 2.24) is 0 Å². The fourth-order valence-corrected chi connectivity index (χ4v) is 1.38. The molecular formula is C10H11NO3. The maximum absolute atomic E-state index is 11.2. The predicted octanol–water partition coefficient (Wildman–Crippen LogP) is 1.28. The minimum Gasteiger partial charge on any atom is -0.490 e. The maximum atomic E-state index is 11.2. The molecule has 0 radical (unpaired) electrons. The Kier molecular flexibility index (Phi) is 2.26. The third-order valence-electron chi connectivity index (χ3n) is 2.08. The average Bonchev–Trinajstić information content (AvgIpc) is 2.27. The lowest BCUT2D eigenvalue weighted by atomic mass is 10.2. The van der Waals surface area contributed by atoms with Crippen LogP contribution in [0, 0.1) is 0 Å². The SMILES string of the molecule is COC(=O)c1ccc2c(c1)OCCN2. The molecule has 2 rings (SSSR count). The molecule has 1 aromatic rings. The van der Waals surface area contributed by atoms with E-state index in [1.165, 1.54) is 7.11 Å². The Labute approximate surface area is 81.8 Å². The van der Waals surface area contributed by atoms with Crippen molar-refractivity contribution < 1.29 is 14.3 Å². The molecule has 0 aromatic heterocycles. The van der Waals surface area contributed by atoms with E-state index in [4.69, 9.17) is 4.74 Å². The second-order valence-corrected chi connectivity index (χ2v) is 2.98. The molecule has 0 atom stereocenters. The van der Waals surface area contributed by atoms with E-state index in [0.29, 0.717) is 17.9 Å². The molecule has 0 bridgehead atoms. The number of hydrogen-bond donors (Lipinski definition) is 1. The second kappa shape index (κ2) is 3.57. The van der Waals surface area contributed by atoms with Crippen LogP contribution in [0.1, 0.15) is 10.4 Å². The van der Waals surface area contributed by atoms with E-state index in [9.17, 15) is 4.79 Å². The van der Waals surface area contributed by atoms with Crippen molar-refractivity contribution in [1.29, 1.82) is 0 Å². The van der Waals surface area contributed by atoms with Crippen molar-refractivity contribution in [2.24, 2.45) is 0 Å².